The number of carbonyl (C=O) groups is 1. The lowest BCUT2D eigenvalue weighted by atomic mass is 9.86. The molecule has 0 spiro atoms. The van der Waals surface area contributed by atoms with Crippen LogP contribution < -0.4 is 5.56 Å². The van der Waals surface area contributed by atoms with Crippen LogP contribution in [0, 0.1) is 10.7 Å². The van der Waals surface area contributed by atoms with Crippen LogP contribution in [-0.4, -0.2) is 22.6 Å². The van der Waals surface area contributed by atoms with Gasteiger partial charge in [0, 0.05) is 6.04 Å². The molecule has 1 fully saturated rings. The van der Waals surface area contributed by atoms with E-state index in [-0.39, 0.29) is 11.6 Å². The number of aromatic amines is 1. The van der Waals surface area contributed by atoms with Crippen LogP contribution in [0.5, 0.6) is 0 Å². The summed E-state index contributed by atoms with van der Waals surface area (Å²) in [6, 6.07) is 5.04. The van der Waals surface area contributed by atoms with E-state index in [0.717, 1.165) is 19.3 Å². The normalized spacial score (nSPS) is 21.3. The molecule has 1 aromatic carbocycles. The van der Waals surface area contributed by atoms with Gasteiger partial charge in [0.05, 0.1) is 23.6 Å². The predicted octanol–water partition coefficient (Wildman–Crippen LogP) is 3.60. The van der Waals surface area contributed by atoms with Crippen LogP contribution in [0.4, 0.5) is 0 Å². The minimum Gasteiger partial charge on any atom is -0.465 e. The second-order valence-corrected chi connectivity index (χ2v) is 6.57. The Bertz CT molecular complexity index is 868. The number of nitrogens with one attached hydrogen (secondary N) is 1. The minimum absolute atomic E-state index is 0.0843. The van der Waals surface area contributed by atoms with E-state index in [2.05, 4.69) is 11.9 Å². The Hall–Kier alpha value is -1.95. The lowest BCUT2D eigenvalue weighted by Gasteiger charge is -2.30. The van der Waals surface area contributed by atoms with E-state index in [4.69, 9.17) is 17.0 Å². The second kappa shape index (κ2) is 6.28. The number of rotatable bonds is 2. The third kappa shape index (κ3) is 2.83. The average molecular weight is 332 g/mol. The van der Waals surface area contributed by atoms with E-state index in [9.17, 15) is 9.59 Å². The van der Waals surface area contributed by atoms with Gasteiger partial charge in [0.1, 0.15) is 0 Å². The van der Waals surface area contributed by atoms with E-state index in [0.29, 0.717) is 27.2 Å². The number of H-pyrrole nitrogens is 1. The number of esters is 1. The third-order valence-corrected chi connectivity index (χ3v) is 5.05. The molecule has 1 N–H and O–H groups in total. The summed E-state index contributed by atoms with van der Waals surface area (Å²) >= 11 is 5.43. The van der Waals surface area contributed by atoms with Crippen molar-refractivity contribution in [3.8, 4) is 0 Å². The average Bonchev–Trinajstić information content (AvgIpc) is 2.55. The van der Waals surface area contributed by atoms with Crippen molar-refractivity contribution in [2.75, 3.05) is 7.11 Å². The monoisotopic (exact) mass is 332 g/mol. The number of hydrogen-bond donors (Lipinski definition) is 1. The van der Waals surface area contributed by atoms with Gasteiger partial charge in [-0.15, -0.1) is 0 Å². The number of ether oxygens (including phenoxy) is 1. The number of fused-ring (bicyclic) bond motifs is 1. The summed E-state index contributed by atoms with van der Waals surface area (Å²) in [5.41, 5.74) is 0.885. The number of benzene rings is 1. The Morgan fingerprint density at radius 1 is 1.35 bits per heavy atom. The zero-order chi connectivity index (χ0) is 16.6. The molecule has 1 aromatic heterocycles. The highest BCUT2D eigenvalue weighted by atomic mass is 32.1. The van der Waals surface area contributed by atoms with Crippen LogP contribution in [0.15, 0.2) is 23.0 Å². The summed E-state index contributed by atoms with van der Waals surface area (Å²) in [4.78, 5) is 27.7. The van der Waals surface area contributed by atoms with Gasteiger partial charge in [0.15, 0.2) is 4.77 Å². The zero-order valence-corrected chi connectivity index (χ0v) is 14.1. The molecule has 1 aliphatic rings. The summed E-state index contributed by atoms with van der Waals surface area (Å²) in [6.07, 6.45) is 4.42. The van der Waals surface area contributed by atoms with Crippen molar-refractivity contribution < 1.29 is 9.53 Å². The van der Waals surface area contributed by atoms with E-state index in [1.165, 1.54) is 13.5 Å². The number of aromatic nitrogens is 2. The van der Waals surface area contributed by atoms with Crippen LogP contribution >= 0.6 is 12.2 Å². The van der Waals surface area contributed by atoms with Gasteiger partial charge in [-0.3, -0.25) is 9.36 Å². The van der Waals surface area contributed by atoms with Crippen LogP contribution in [0.3, 0.4) is 0 Å². The van der Waals surface area contributed by atoms with Gasteiger partial charge >= 0.3 is 5.97 Å². The summed E-state index contributed by atoms with van der Waals surface area (Å²) < 4.78 is 6.86. The number of nitrogens with zero attached hydrogens (tertiary/aromatic N) is 1. The predicted molar refractivity (Wildman–Crippen MR) is 91.4 cm³/mol. The molecular weight excluding hydrogens is 312 g/mol. The highest BCUT2D eigenvalue weighted by Gasteiger charge is 2.25. The zero-order valence-electron chi connectivity index (χ0n) is 13.3. The first-order chi connectivity index (χ1) is 11.0. The molecule has 23 heavy (non-hydrogen) atoms. The number of methoxy groups -OCH3 is 1. The van der Waals surface area contributed by atoms with Crippen LogP contribution in [-0.2, 0) is 4.74 Å². The summed E-state index contributed by atoms with van der Waals surface area (Å²) in [6.45, 7) is 2.18. The van der Waals surface area contributed by atoms with Gasteiger partial charge in [-0.2, -0.15) is 0 Å². The topological polar surface area (TPSA) is 64.1 Å². The molecule has 0 amide bonds. The fourth-order valence-electron chi connectivity index (χ4n) is 3.46. The molecular formula is C17H20N2O3S. The maximum atomic E-state index is 12.9. The Morgan fingerprint density at radius 3 is 2.78 bits per heavy atom. The van der Waals surface area contributed by atoms with Gasteiger partial charge in [0.25, 0.3) is 5.56 Å². The lowest BCUT2D eigenvalue weighted by molar-refractivity contribution is 0.0601. The lowest BCUT2D eigenvalue weighted by Crippen LogP contribution is -2.32. The molecule has 0 radical (unpaired) electrons. The molecule has 3 rings (SSSR count). The van der Waals surface area contributed by atoms with Gasteiger partial charge in [0.2, 0.25) is 0 Å². The highest BCUT2D eigenvalue weighted by Crippen LogP contribution is 2.33. The molecule has 2 atom stereocenters. The first-order valence-electron chi connectivity index (χ1n) is 7.90. The van der Waals surface area contributed by atoms with E-state index in [1.54, 1.807) is 22.8 Å². The largest absolute Gasteiger partial charge is 0.465 e. The van der Waals surface area contributed by atoms with Gasteiger partial charge in [-0.05, 0) is 49.2 Å². The Kier molecular flexibility index (Phi) is 4.35. The molecule has 5 nitrogen and oxygen atoms in total. The molecule has 6 heteroatoms. The summed E-state index contributed by atoms with van der Waals surface area (Å²) in [5, 5.41) is 0.545. The maximum absolute atomic E-state index is 12.9. The van der Waals surface area contributed by atoms with Crippen molar-refractivity contribution in [1.29, 1.82) is 0 Å². The van der Waals surface area contributed by atoms with Gasteiger partial charge in [-0.1, -0.05) is 19.8 Å². The smallest absolute Gasteiger partial charge is 0.337 e. The first-order valence-corrected chi connectivity index (χ1v) is 8.30. The molecule has 0 aliphatic heterocycles. The van der Waals surface area contributed by atoms with Crippen LogP contribution in [0.1, 0.15) is 49.0 Å². The van der Waals surface area contributed by atoms with Crippen LogP contribution in [0.2, 0.25) is 0 Å². The Morgan fingerprint density at radius 2 is 2.09 bits per heavy atom. The number of carbonyl (C=O) groups excluding carboxylic acids is 1. The van der Waals surface area contributed by atoms with Gasteiger partial charge in [-0.25, -0.2) is 4.79 Å². The molecule has 2 aromatic rings. The molecule has 0 saturated heterocycles. The highest BCUT2D eigenvalue weighted by molar-refractivity contribution is 7.71. The fraction of sp³-hybridized carbons (Fsp3) is 0.471. The van der Waals surface area contributed by atoms with Crippen molar-refractivity contribution in [3.05, 3.63) is 38.9 Å². The van der Waals surface area contributed by atoms with Gasteiger partial charge < -0.3 is 9.72 Å². The Balaban J connectivity index is 2.17. The summed E-state index contributed by atoms with van der Waals surface area (Å²) in [5.74, 6) is -0.000331. The SMILES string of the molecule is COC(=O)c1ccc2c(=O)n([C@H]3CCCC[C@H]3C)c(=S)[nH]c2c1. The van der Waals surface area contributed by atoms with Crippen LogP contribution in [0.25, 0.3) is 10.9 Å². The fourth-order valence-corrected chi connectivity index (χ4v) is 3.79. The van der Waals surface area contributed by atoms with Crippen molar-refractivity contribution in [1.82, 2.24) is 9.55 Å². The molecule has 1 aliphatic carbocycles. The third-order valence-electron chi connectivity index (χ3n) is 4.75. The van der Waals surface area contributed by atoms with E-state index >= 15 is 0 Å². The molecule has 1 saturated carbocycles. The van der Waals surface area contributed by atoms with Crippen molar-refractivity contribution in [3.63, 3.8) is 0 Å². The molecule has 0 bridgehead atoms. The first kappa shape index (κ1) is 15.9. The number of hydrogen-bond acceptors (Lipinski definition) is 4. The standard InChI is InChI=1S/C17H20N2O3S/c1-10-5-3-4-6-14(10)19-15(20)12-8-7-11(16(21)22-2)9-13(12)18-17(19)23/h7-10,14H,3-6H2,1-2H3,(H,18,23)/t10-,14+/m1/s1. The van der Waals surface area contributed by atoms with Crippen molar-refractivity contribution in [2.45, 2.75) is 38.6 Å². The van der Waals surface area contributed by atoms with Crippen molar-refractivity contribution in [2.24, 2.45) is 5.92 Å². The van der Waals surface area contributed by atoms with E-state index < -0.39 is 5.97 Å². The second-order valence-electron chi connectivity index (χ2n) is 6.19. The maximum Gasteiger partial charge on any atom is 0.337 e. The Labute approximate surface area is 139 Å². The molecule has 0 unspecified atom stereocenters. The minimum atomic E-state index is -0.434. The molecule has 122 valence electrons. The molecule has 1 heterocycles. The van der Waals surface area contributed by atoms with E-state index in [1.807, 2.05) is 0 Å². The van der Waals surface area contributed by atoms with Crippen molar-refractivity contribution >= 4 is 29.1 Å². The summed E-state index contributed by atoms with van der Waals surface area (Å²) in [7, 11) is 1.33. The quantitative estimate of drug-likeness (QED) is 0.674.